The third-order valence-electron chi connectivity index (χ3n) is 5.19. The monoisotopic (exact) mass is 497 g/mol. The first kappa shape index (κ1) is 24.3. The Bertz CT molecular complexity index is 1530. The number of hydrogen-bond acceptors (Lipinski definition) is 8. The van der Waals surface area contributed by atoms with E-state index < -0.39 is 10.0 Å². The lowest BCUT2D eigenvalue weighted by atomic mass is 10.1. The van der Waals surface area contributed by atoms with Gasteiger partial charge in [0.1, 0.15) is 17.0 Å². The van der Waals surface area contributed by atoms with Crippen LogP contribution in [0.4, 0.5) is 5.69 Å². The summed E-state index contributed by atoms with van der Waals surface area (Å²) in [4.78, 5) is 28.4. The Hall–Kier alpha value is -3.80. The Labute approximate surface area is 202 Å². The molecule has 4 aromatic rings. The first-order valence-electron chi connectivity index (χ1n) is 11.3. The van der Waals surface area contributed by atoms with Gasteiger partial charge in [-0.15, -0.1) is 0 Å². The number of aryl methyl sites for hydroxylation is 3. The van der Waals surface area contributed by atoms with Crippen LogP contribution < -0.4 is 15.0 Å². The summed E-state index contributed by atoms with van der Waals surface area (Å²) in [5, 5.41) is 4.67. The topological polar surface area (TPSA) is 145 Å². The third kappa shape index (κ3) is 5.02. The van der Waals surface area contributed by atoms with Gasteiger partial charge in [-0.25, -0.2) is 14.6 Å². The zero-order valence-electron chi connectivity index (χ0n) is 20.0. The van der Waals surface area contributed by atoms with Crippen LogP contribution in [-0.2, 0) is 16.6 Å². The lowest BCUT2D eigenvalue weighted by Crippen LogP contribution is -2.15. The maximum absolute atomic E-state index is 12.9. The van der Waals surface area contributed by atoms with Crippen molar-refractivity contribution in [3.63, 3.8) is 0 Å². The molecule has 0 spiro atoms. The maximum atomic E-state index is 12.9. The second-order valence-electron chi connectivity index (χ2n) is 8.08. The lowest BCUT2D eigenvalue weighted by molar-refractivity contribution is 0.318. The standard InChI is InChI=1S/C23H27N7O4S/c1-5-9-30-22-20(15(4)28-30)23(31)27-21(26-22)17-11-16(7-8-18(17)34-10-6-2)29-35(32,33)19-13-24-14(3)12-25-19/h7-8,11-13,29H,5-6,9-10H2,1-4H3,(H,26,27,31). The predicted octanol–water partition coefficient (Wildman–Crippen LogP) is 3.19. The number of benzene rings is 1. The molecule has 0 bridgehead atoms. The number of nitrogens with one attached hydrogen (secondary N) is 2. The van der Waals surface area contributed by atoms with Gasteiger partial charge >= 0.3 is 0 Å². The Morgan fingerprint density at radius 3 is 2.60 bits per heavy atom. The molecule has 0 saturated carbocycles. The van der Waals surface area contributed by atoms with Gasteiger partial charge in [-0.1, -0.05) is 13.8 Å². The van der Waals surface area contributed by atoms with Crippen molar-refractivity contribution < 1.29 is 13.2 Å². The predicted molar refractivity (Wildman–Crippen MR) is 132 cm³/mol. The van der Waals surface area contributed by atoms with Crippen molar-refractivity contribution in [2.45, 2.75) is 52.1 Å². The minimum Gasteiger partial charge on any atom is -0.493 e. The van der Waals surface area contributed by atoms with Crippen LogP contribution in [0.1, 0.15) is 38.1 Å². The molecule has 2 N–H and O–H groups in total. The molecule has 0 atom stereocenters. The van der Waals surface area contributed by atoms with E-state index in [1.807, 2.05) is 13.8 Å². The van der Waals surface area contributed by atoms with Gasteiger partial charge in [-0.3, -0.25) is 14.5 Å². The molecule has 184 valence electrons. The van der Waals surface area contributed by atoms with E-state index in [0.717, 1.165) is 12.8 Å². The fourth-order valence-corrected chi connectivity index (χ4v) is 4.52. The third-order valence-corrected chi connectivity index (χ3v) is 6.46. The van der Waals surface area contributed by atoms with Crippen LogP contribution >= 0.6 is 0 Å². The number of H-pyrrole nitrogens is 1. The molecule has 0 unspecified atom stereocenters. The number of rotatable bonds is 9. The number of sulfonamides is 1. The molecule has 0 fully saturated rings. The van der Waals surface area contributed by atoms with Crippen molar-refractivity contribution >= 4 is 26.7 Å². The highest BCUT2D eigenvalue weighted by atomic mass is 32.2. The molecule has 35 heavy (non-hydrogen) atoms. The van der Waals surface area contributed by atoms with E-state index in [-0.39, 0.29) is 22.1 Å². The summed E-state index contributed by atoms with van der Waals surface area (Å²) in [6, 6.07) is 4.79. The van der Waals surface area contributed by atoms with Gasteiger partial charge in [0, 0.05) is 18.4 Å². The van der Waals surface area contributed by atoms with E-state index in [4.69, 9.17) is 4.74 Å². The molecule has 0 saturated heterocycles. The molecular formula is C23H27N7O4S. The zero-order valence-corrected chi connectivity index (χ0v) is 20.8. The van der Waals surface area contributed by atoms with E-state index in [1.54, 1.807) is 36.7 Å². The number of aromatic amines is 1. The number of ether oxygens (including phenoxy) is 1. The Morgan fingerprint density at radius 2 is 1.91 bits per heavy atom. The van der Waals surface area contributed by atoms with Crippen LogP contribution in [0.25, 0.3) is 22.4 Å². The van der Waals surface area contributed by atoms with Gasteiger partial charge < -0.3 is 9.72 Å². The molecule has 12 heteroatoms. The van der Waals surface area contributed by atoms with Gasteiger partial charge in [-0.2, -0.15) is 13.5 Å². The molecule has 3 aromatic heterocycles. The van der Waals surface area contributed by atoms with Gasteiger partial charge in [0.2, 0.25) is 0 Å². The summed E-state index contributed by atoms with van der Waals surface area (Å²) in [6.45, 7) is 8.53. The van der Waals surface area contributed by atoms with Gasteiger partial charge in [0.25, 0.3) is 15.6 Å². The van der Waals surface area contributed by atoms with Crippen molar-refractivity contribution in [2.75, 3.05) is 11.3 Å². The van der Waals surface area contributed by atoms with Crippen molar-refractivity contribution in [2.24, 2.45) is 0 Å². The molecule has 3 heterocycles. The molecule has 4 rings (SSSR count). The summed E-state index contributed by atoms with van der Waals surface area (Å²) >= 11 is 0. The van der Waals surface area contributed by atoms with E-state index in [9.17, 15) is 13.2 Å². The highest BCUT2D eigenvalue weighted by Crippen LogP contribution is 2.32. The minimum absolute atomic E-state index is 0.206. The molecule has 0 aliphatic heterocycles. The van der Waals surface area contributed by atoms with Gasteiger partial charge in [0.15, 0.2) is 10.7 Å². The van der Waals surface area contributed by atoms with Crippen molar-refractivity contribution in [3.8, 4) is 17.1 Å². The van der Waals surface area contributed by atoms with Gasteiger partial charge in [-0.05, 0) is 44.9 Å². The number of anilines is 1. The highest BCUT2D eigenvalue weighted by molar-refractivity contribution is 7.92. The van der Waals surface area contributed by atoms with E-state index in [0.29, 0.717) is 46.9 Å². The average Bonchev–Trinajstić information content (AvgIpc) is 3.14. The quantitative estimate of drug-likeness (QED) is 0.359. The van der Waals surface area contributed by atoms with Crippen LogP contribution in [0.3, 0.4) is 0 Å². The fourth-order valence-electron chi connectivity index (χ4n) is 3.59. The van der Waals surface area contributed by atoms with E-state index in [2.05, 4.69) is 29.8 Å². The summed E-state index contributed by atoms with van der Waals surface area (Å²) in [5.41, 5.74) is 2.03. The van der Waals surface area contributed by atoms with Crippen LogP contribution in [0.2, 0.25) is 0 Å². The summed E-state index contributed by atoms with van der Waals surface area (Å²) in [6.07, 6.45) is 4.17. The smallest absolute Gasteiger partial charge is 0.280 e. The zero-order chi connectivity index (χ0) is 25.2. The fraction of sp³-hybridized carbons (Fsp3) is 0.348. The van der Waals surface area contributed by atoms with Crippen LogP contribution in [0.5, 0.6) is 5.75 Å². The summed E-state index contributed by atoms with van der Waals surface area (Å²) in [5.74, 6) is 0.715. The molecule has 0 amide bonds. The normalized spacial score (nSPS) is 11.7. The molecule has 0 aliphatic carbocycles. The summed E-state index contributed by atoms with van der Waals surface area (Å²) < 4.78 is 35.8. The van der Waals surface area contributed by atoms with Crippen LogP contribution in [0, 0.1) is 13.8 Å². The first-order valence-corrected chi connectivity index (χ1v) is 12.8. The molecule has 1 aromatic carbocycles. The highest BCUT2D eigenvalue weighted by Gasteiger charge is 2.20. The SMILES string of the molecule is CCCOc1ccc(NS(=O)(=O)c2cnc(C)cn2)cc1-c1nc2c(c(C)nn2CCC)c(=O)[nH]1. The number of nitrogens with zero attached hydrogens (tertiary/aromatic N) is 5. The molecule has 0 radical (unpaired) electrons. The number of hydrogen-bond donors (Lipinski definition) is 2. The van der Waals surface area contributed by atoms with Crippen molar-refractivity contribution in [1.82, 2.24) is 29.7 Å². The lowest BCUT2D eigenvalue weighted by Gasteiger charge is -2.14. The molecule has 0 aliphatic rings. The van der Waals surface area contributed by atoms with Crippen LogP contribution in [-0.4, -0.2) is 44.7 Å². The van der Waals surface area contributed by atoms with E-state index >= 15 is 0 Å². The first-order chi connectivity index (χ1) is 16.7. The van der Waals surface area contributed by atoms with Crippen molar-refractivity contribution in [1.29, 1.82) is 0 Å². The number of aromatic nitrogens is 6. The number of fused-ring (bicyclic) bond motifs is 1. The summed E-state index contributed by atoms with van der Waals surface area (Å²) in [7, 11) is -3.98. The Morgan fingerprint density at radius 1 is 1.11 bits per heavy atom. The second-order valence-corrected chi connectivity index (χ2v) is 9.71. The Balaban J connectivity index is 1.82. The second kappa shape index (κ2) is 9.82. The average molecular weight is 498 g/mol. The van der Waals surface area contributed by atoms with Gasteiger partial charge in [0.05, 0.1) is 29.8 Å². The largest absolute Gasteiger partial charge is 0.493 e. The molecular weight excluding hydrogens is 470 g/mol. The minimum atomic E-state index is -3.98. The van der Waals surface area contributed by atoms with Crippen LogP contribution in [0.15, 0.2) is 40.4 Å². The Kier molecular flexibility index (Phi) is 6.83. The van der Waals surface area contributed by atoms with E-state index in [1.165, 1.54) is 12.4 Å². The van der Waals surface area contributed by atoms with Crippen molar-refractivity contribution in [3.05, 3.63) is 52.3 Å². The maximum Gasteiger partial charge on any atom is 0.280 e. The molecule has 11 nitrogen and oxygen atoms in total.